The molecule has 0 atom stereocenters. The van der Waals surface area contributed by atoms with Crippen molar-refractivity contribution in [3.05, 3.63) is 66.1 Å². The third kappa shape index (κ3) is 4.93. The maximum atomic E-state index is 13.9. The summed E-state index contributed by atoms with van der Waals surface area (Å²) in [7, 11) is 0. The highest BCUT2D eigenvalue weighted by atomic mass is 19.1. The fraction of sp³-hybridized carbons (Fsp3) is 0.318. The van der Waals surface area contributed by atoms with Gasteiger partial charge >= 0.3 is 0 Å². The molecule has 0 N–H and O–H groups in total. The Morgan fingerprint density at radius 1 is 1.03 bits per heavy atom. The molecule has 0 saturated carbocycles. The molecule has 8 nitrogen and oxygen atoms in total. The average Bonchev–Trinajstić information content (AvgIpc) is 3.14. The number of aromatic nitrogens is 3. The van der Waals surface area contributed by atoms with Gasteiger partial charge in [-0.2, -0.15) is 4.98 Å². The second kappa shape index (κ2) is 9.46. The third-order valence-corrected chi connectivity index (χ3v) is 5.18. The van der Waals surface area contributed by atoms with Gasteiger partial charge in [0.25, 0.3) is 5.91 Å². The molecular formula is C22H22FN5O3. The first-order chi connectivity index (χ1) is 15.1. The van der Waals surface area contributed by atoms with Crippen LogP contribution in [0.25, 0.3) is 11.4 Å². The van der Waals surface area contributed by atoms with E-state index in [0.717, 1.165) is 5.56 Å². The van der Waals surface area contributed by atoms with E-state index < -0.39 is 5.82 Å². The molecule has 1 saturated heterocycles. The first kappa shape index (κ1) is 20.6. The van der Waals surface area contributed by atoms with Gasteiger partial charge in [-0.05, 0) is 30.7 Å². The van der Waals surface area contributed by atoms with E-state index >= 15 is 0 Å². The molecule has 0 aliphatic carbocycles. The number of amides is 2. The Balaban J connectivity index is 1.30. The van der Waals surface area contributed by atoms with E-state index in [-0.39, 0.29) is 23.8 Å². The molecule has 0 bridgehead atoms. The zero-order valence-electron chi connectivity index (χ0n) is 16.9. The van der Waals surface area contributed by atoms with Gasteiger partial charge in [0, 0.05) is 57.0 Å². The lowest BCUT2D eigenvalue weighted by atomic mass is 10.2. The number of hydrogen-bond acceptors (Lipinski definition) is 6. The lowest BCUT2D eigenvalue weighted by molar-refractivity contribution is -0.131. The number of hydrogen-bond donors (Lipinski definition) is 0. The van der Waals surface area contributed by atoms with E-state index in [1.807, 2.05) is 6.07 Å². The molecule has 3 heterocycles. The molecule has 3 aromatic rings. The Kier molecular flexibility index (Phi) is 6.30. The Hall–Kier alpha value is -3.62. The van der Waals surface area contributed by atoms with Gasteiger partial charge in [0.05, 0.1) is 5.56 Å². The first-order valence-electron chi connectivity index (χ1n) is 10.2. The minimum absolute atomic E-state index is 0.0404. The zero-order chi connectivity index (χ0) is 21.6. The SMILES string of the molecule is O=C(CCc1nc(-c2cccnc2)no1)N1CCCN(C(=O)c2ccccc2F)CC1. The van der Waals surface area contributed by atoms with Crippen molar-refractivity contribution in [2.75, 3.05) is 26.2 Å². The van der Waals surface area contributed by atoms with Gasteiger partial charge in [0.15, 0.2) is 0 Å². The van der Waals surface area contributed by atoms with Crippen LogP contribution in [0.2, 0.25) is 0 Å². The summed E-state index contributed by atoms with van der Waals surface area (Å²) in [5, 5.41) is 3.93. The number of halogens is 1. The minimum atomic E-state index is -0.533. The van der Waals surface area contributed by atoms with Crippen LogP contribution >= 0.6 is 0 Å². The third-order valence-electron chi connectivity index (χ3n) is 5.18. The van der Waals surface area contributed by atoms with Crippen LogP contribution in [0, 0.1) is 5.82 Å². The van der Waals surface area contributed by atoms with Gasteiger partial charge in [0.1, 0.15) is 5.82 Å². The van der Waals surface area contributed by atoms with Gasteiger partial charge in [-0.1, -0.05) is 17.3 Å². The van der Waals surface area contributed by atoms with Crippen molar-refractivity contribution in [1.29, 1.82) is 0 Å². The molecule has 31 heavy (non-hydrogen) atoms. The van der Waals surface area contributed by atoms with Crippen LogP contribution in [-0.4, -0.2) is 62.9 Å². The largest absolute Gasteiger partial charge is 0.341 e. The summed E-state index contributed by atoms with van der Waals surface area (Å²) in [4.78, 5) is 37.0. The summed E-state index contributed by atoms with van der Waals surface area (Å²) in [5.74, 6) is -0.0941. The molecular weight excluding hydrogens is 401 g/mol. The fourth-order valence-corrected chi connectivity index (χ4v) is 3.52. The monoisotopic (exact) mass is 423 g/mol. The van der Waals surface area contributed by atoms with E-state index in [2.05, 4.69) is 15.1 Å². The highest BCUT2D eigenvalue weighted by molar-refractivity contribution is 5.94. The number of benzene rings is 1. The Bertz CT molecular complexity index is 1060. The molecule has 160 valence electrons. The van der Waals surface area contributed by atoms with Crippen molar-refractivity contribution in [1.82, 2.24) is 24.9 Å². The van der Waals surface area contributed by atoms with Gasteiger partial charge in [0.2, 0.25) is 17.6 Å². The summed E-state index contributed by atoms with van der Waals surface area (Å²) in [6, 6.07) is 9.57. The number of pyridine rings is 1. The lowest BCUT2D eigenvalue weighted by Crippen LogP contribution is -2.37. The fourth-order valence-electron chi connectivity index (χ4n) is 3.52. The molecule has 4 rings (SSSR count). The van der Waals surface area contributed by atoms with E-state index in [1.54, 1.807) is 40.4 Å². The summed E-state index contributed by atoms with van der Waals surface area (Å²) >= 11 is 0. The van der Waals surface area contributed by atoms with Crippen LogP contribution in [0.1, 0.15) is 29.1 Å². The molecule has 1 aromatic carbocycles. The normalized spacial score (nSPS) is 14.4. The first-order valence-corrected chi connectivity index (χ1v) is 10.2. The molecule has 0 unspecified atom stereocenters. The van der Waals surface area contributed by atoms with E-state index in [1.165, 1.54) is 12.1 Å². The maximum absolute atomic E-state index is 13.9. The van der Waals surface area contributed by atoms with Gasteiger partial charge in [-0.3, -0.25) is 14.6 Å². The quantitative estimate of drug-likeness (QED) is 0.626. The zero-order valence-corrected chi connectivity index (χ0v) is 16.9. The summed E-state index contributed by atoms with van der Waals surface area (Å²) < 4.78 is 19.2. The molecule has 1 fully saturated rings. The van der Waals surface area contributed by atoms with Crippen LogP contribution in [0.15, 0.2) is 53.3 Å². The molecule has 1 aliphatic rings. The van der Waals surface area contributed by atoms with Crippen LogP contribution < -0.4 is 0 Å². The Labute approximate surface area is 178 Å². The second-order valence-electron chi connectivity index (χ2n) is 7.26. The van der Waals surface area contributed by atoms with E-state index in [9.17, 15) is 14.0 Å². The minimum Gasteiger partial charge on any atom is -0.341 e. The van der Waals surface area contributed by atoms with Crippen molar-refractivity contribution in [3.8, 4) is 11.4 Å². The molecule has 9 heteroatoms. The van der Waals surface area contributed by atoms with Crippen molar-refractivity contribution < 1.29 is 18.5 Å². The summed E-state index contributed by atoms with van der Waals surface area (Å²) in [5.41, 5.74) is 0.805. The molecule has 1 aliphatic heterocycles. The number of aryl methyl sites for hydroxylation is 1. The van der Waals surface area contributed by atoms with E-state index in [0.29, 0.717) is 50.7 Å². The van der Waals surface area contributed by atoms with Crippen LogP contribution in [0.3, 0.4) is 0 Å². The predicted octanol–water partition coefficient (Wildman–Crippen LogP) is 2.58. The summed E-state index contributed by atoms with van der Waals surface area (Å²) in [6.07, 6.45) is 4.51. The van der Waals surface area contributed by atoms with Crippen LogP contribution in [0.4, 0.5) is 4.39 Å². The van der Waals surface area contributed by atoms with Crippen molar-refractivity contribution >= 4 is 11.8 Å². The highest BCUT2D eigenvalue weighted by Crippen LogP contribution is 2.16. The van der Waals surface area contributed by atoms with Gasteiger partial charge < -0.3 is 14.3 Å². The van der Waals surface area contributed by atoms with E-state index in [4.69, 9.17) is 4.52 Å². The number of nitrogens with zero attached hydrogens (tertiary/aromatic N) is 5. The standard InChI is InChI=1S/C22H22FN5O3/c23-18-7-2-1-6-17(18)22(30)28-12-4-11-27(13-14-28)20(29)9-8-19-25-21(26-31-19)16-5-3-10-24-15-16/h1-3,5-7,10,15H,4,8-9,11-14H2. The molecule has 0 spiro atoms. The van der Waals surface area contributed by atoms with Crippen LogP contribution in [-0.2, 0) is 11.2 Å². The molecule has 2 amide bonds. The van der Waals surface area contributed by atoms with Gasteiger partial charge in [-0.25, -0.2) is 4.39 Å². The maximum Gasteiger partial charge on any atom is 0.256 e. The van der Waals surface area contributed by atoms with Crippen LogP contribution in [0.5, 0.6) is 0 Å². The topological polar surface area (TPSA) is 92.4 Å². The predicted molar refractivity (Wildman–Crippen MR) is 109 cm³/mol. The van der Waals surface area contributed by atoms with Crippen molar-refractivity contribution in [2.24, 2.45) is 0 Å². The second-order valence-corrected chi connectivity index (χ2v) is 7.26. The number of carbonyl (C=O) groups excluding carboxylic acids is 2. The molecule has 0 radical (unpaired) electrons. The van der Waals surface area contributed by atoms with Crippen molar-refractivity contribution in [3.63, 3.8) is 0 Å². The average molecular weight is 423 g/mol. The van der Waals surface area contributed by atoms with Crippen molar-refractivity contribution in [2.45, 2.75) is 19.3 Å². The molecule has 2 aromatic heterocycles. The number of rotatable bonds is 5. The number of carbonyl (C=O) groups is 2. The smallest absolute Gasteiger partial charge is 0.256 e. The lowest BCUT2D eigenvalue weighted by Gasteiger charge is -2.22. The summed E-state index contributed by atoms with van der Waals surface area (Å²) in [6.45, 7) is 1.80. The Morgan fingerprint density at radius 3 is 2.65 bits per heavy atom. The Morgan fingerprint density at radius 2 is 1.84 bits per heavy atom. The van der Waals surface area contributed by atoms with Gasteiger partial charge in [-0.15, -0.1) is 0 Å². The highest BCUT2D eigenvalue weighted by Gasteiger charge is 2.24.